The summed E-state index contributed by atoms with van der Waals surface area (Å²) < 4.78 is 78.8. The summed E-state index contributed by atoms with van der Waals surface area (Å²) in [6.45, 7) is -0.582. The Morgan fingerprint density at radius 3 is 2.53 bits per heavy atom. The lowest BCUT2D eigenvalue weighted by Gasteiger charge is -2.37. The van der Waals surface area contributed by atoms with E-state index in [2.05, 4.69) is 4.99 Å². The molecule has 166 valence electrons. The molecule has 2 rings (SSSR count). The minimum atomic E-state index is -4.84. The van der Waals surface area contributed by atoms with Crippen LogP contribution in [-0.2, 0) is 4.79 Å². The van der Waals surface area contributed by atoms with Crippen molar-refractivity contribution in [2.24, 2.45) is 10.7 Å². The predicted molar refractivity (Wildman–Crippen MR) is 98.8 cm³/mol. The van der Waals surface area contributed by atoms with Crippen LogP contribution in [-0.4, -0.2) is 66.3 Å². The first-order valence-corrected chi connectivity index (χ1v) is 8.97. The molecular formula is C18H21F6N5O. The van der Waals surface area contributed by atoms with Gasteiger partial charge in [0.2, 0.25) is 11.7 Å². The Morgan fingerprint density at radius 2 is 1.93 bits per heavy atom. The average molecular weight is 437 g/mol. The number of carbonyl (C=O) groups excluding carboxylic acids is 1. The normalized spacial score (nSPS) is 20.7. The van der Waals surface area contributed by atoms with Crippen LogP contribution in [0.4, 0.5) is 26.3 Å². The van der Waals surface area contributed by atoms with Gasteiger partial charge in [0.1, 0.15) is 11.7 Å². The van der Waals surface area contributed by atoms with Crippen LogP contribution >= 0.6 is 0 Å². The molecular weight excluding hydrogens is 416 g/mol. The van der Waals surface area contributed by atoms with E-state index in [1.165, 1.54) is 11.9 Å². The van der Waals surface area contributed by atoms with Gasteiger partial charge in [0, 0.05) is 38.7 Å². The lowest BCUT2D eigenvalue weighted by atomic mass is 10.00. The number of carbonyl (C=O) groups is 1. The van der Waals surface area contributed by atoms with E-state index in [4.69, 9.17) is 11.1 Å². The number of rotatable bonds is 4. The summed E-state index contributed by atoms with van der Waals surface area (Å²) in [5.74, 6) is -5.62. The van der Waals surface area contributed by atoms with Crippen molar-refractivity contribution in [3.8, 4) is 0 Å². The van der Waals surface area contributed by atoms with E-state index in [-0.39, 0.29) is 50.3 Å². The fourth-order valence-electron chi connectivity index (χ4n) is 3.10. The first kappa shape index (κ1) is 23.6. The zero-order chi connectivity index (χ0) is 22.6. The summed E-state index contributed by atoms with van der Waals surface area (Å²) in [6, 6.07) is -0.863. The second-order valence-electron chi connectivity index (χ2n) is 6.82. The molecule has 6 nitrogen and oxygen atoms in total. The van der Waals surface area contributed by atoms with E-state index >= 15 is 0 Å². The molecule has 1 amide bonds. The molecule has 0 aromatic heterocycles. The van der Waals surface area contributed by atoms with E-state index in [0.29, 0.717) is 11.0 Å². The number of hydrogen-bond acceptors (Lipinski definition) is 4. The topological polar surface area (TPSA) is 85.8 Å². The number of allylic oxidation sites excluding steroid dienone is 5. The number of aliphatic imine (C=N–C) groups is 1. The van der Waals surface area contributed by atoms with Crippen molar-refractivity contribution in [1.29, 1.82) is 5.41 Å². The molecule has 12 heteroatoms. The fourth-order valence-corrected chi connectivity index (χ4v) is 3.10. The minimum absolute atomic E-state index is 0.0392. The molecule has 1 fully saturated rings. The molecule has 0 spiro atoms. The van der Waals surface area contributed by atoms with Gasteiger partial charge in [0.15, 0.2) is 11.7 Å². The fraction of sp³-hybridized carbons (Fsp3) is 0.500. The van der Waals surface area contributed by atoms with E-state index in [9.17, 15) is 31.1 Å². The van der Waals surface area contributed by atoms with Crippen LogP contribution in [0.1, 0.15) is 19.3 Å². The summed E-state index contributed by atoms with van der Waals surface area (Å²) in [5, 5.41) is 7.26. The Hall–Kier alpha value is -2.63. The van der Waals surface area contributed by atoms with Crippen LogP contribution in [0.5, 0.6) is 0 Å². The number of nitrogens with zero attached hydrogens (tertiary/aromatic N) is 3. The number of piperazine rings is 1. The Labute approximate surface area is 168 Å². The maximum absolute atomic E-state index is 14.0. The molecule has 1 unspecified atom stereocenters. The summed E-state index contributed by atoms with van der Waals surface area (Å²) in [7, 11) is 1.26. The minimum Gasteiger partial charge on any atom is -0.333 e. The van der Waals surface area contributed by atoms with Crippen molar-refractivity contribution in [3.05, 3.63) is 35.2 Å². The second-order valence-corrected chi connectivity index (χ2v) is 6.82. The van der Waals surface area contributed by atoms with E-state index in [1.54, 1.807) is 0 Å². The highest BCUT2D eigenvalue weighted by Gasteiger charge is 2.42. The quantitative estimate of drug-likeness (QED) is 0.403. The van der Waals surface area contributed by atoms with Crippen LogP contribution in [0.25, 0.3) is 0 Å². The maximum atomic E-state index is 14.0. The maximum Gasteiger partial charge on any atom is 0.449 e. The zero-order valence-corrected chi connectivity index (χ0v) is 16.1. The van der Waals surface area contributed by atoms with Crippen molar-refractivity contribution in [2.45, 2.75) is 31.5 Å². The summed E-state index contributed by atoms with van der Waals surface area (Å²) in [4.78, 5) is 18.2. The number of nitrogens with two attached hydrogens (primary N) is 1. The molecule has 0 radical (unpaired) electrons. The van der Waals surface area contributed by atoms with Crippen LogP contribution in [0, 0.1) is 5.41 Å². The van der Waals surface area contributed by atoms with Crippen molar-refractivity contribution >= 4 is 17.6 Å². The van der Waals surface area contributed by atoms with E-state index in [0.717, 1.165) is 6.08 Å². The molecule has 0 bridgehead atoms. The number of halogens is 6. The van der Waals surface area contributed by atoms with Crippen LogP contribution in [0.3, 0.4) is 0 Å². The lowest BCUT2D eigenvalue weighted by Crippen LogP contribution is -2.57. The molecule has 0 aromatic rings. The molecule has 3 N–H and O–H groups in total. The third kappa shape index (κ3) is 5.71. The molecule has 1 heterocycles. The van der Waals surface area contributed by atoms with Gasteiger partial charge >= 0.3 is 6.18 Å². The van der Waals surface area contributed by atoms with Crippen LogP contribution < -0.4 is 5.73 Å². The van der Waals surface area contributed by atoms with Gasteiger partial charge in [0.25, 0.3) is 0 Å². The molecule has 0 aromatic carbocycles. The summed E-state index contributed by atoms with van der Waals surface area (Å²) in [6.07, 6.45) is -4.12. The number of amides is 1. The largest absolute Gasteiger partial charge is 0.449 e. The van der Waals surface area contributed by atoms with Gasteiger partial charge in [-0.3, -0.25) is 15.2 Å². The van der Waals surface area contributed by atoms with Crippen molar-refractivity contribution in [2.75, 3.05) is 26.7 Å². The van der Waals surface area contributed by atoms with E-state index < -0.39 is 41.4 Å². The van der Waals surface area contributed by atoms with Crippen molar-refractivity contribution in [3.63, 3.8) is 0 Å². The zero-order valence-electron chi connectivity index (χ0n) is 16.1. The number of alkyl halides is 3. The SMILES string of the molecule is CN=C1CN(C(=O)CC(N)CC2=C(F)C=C(F)C(F)=CC2)CCN1C(=N)C(F)(F)F. The van der Waals surface area contributed by atoms with Gasteiger partial charge in [-0.25, -0.2) is 13.2 Å². The highest BCUT2D eigenvalue weighted by molar-refractivity contribution is 6.04. The molecule has 1 aliphatic carbocycles. The highest BCUT2D eigenvalue weighted by Crippen LogP contribution is 2.28. The first-order valence-electron chi connectivity index (χ1n) is 8.97. The Bertz CT molecular complexity index is 829. The van der Waals surface area contributed by atoms with Gasteiger partial charge < -0.3 is 15.5 Å². The summed E-state index contributed by atoms with van der Waals surface area (Å²) >= 11 is 0. The summed E-state index contributed by atoms with van der Waals surface area (Å²) in [5.41, 5.74) is 5.93. The monoisotopic (exact) mass is 437 g/mol. The van der Waals surface area contributed by atoms with Crippen LogP contribution in [0.15, 0.2) is 40.2 Å². The van der Waals surface area contributed by atoms with Crippen molar-refractivity contribution in [1.82, 2.24) is 9.80 Å². The third-order valence-electron chi connectivity index (χ3n) is 4.68. The smallest absolute Gasteiger partial charge is 0.333 e. The van der Waals surface area contributed by atoms with Crippen LogP contribution in [0.2, 0.25) is 0 Å². The molecule has 1 atom stereocenters. The number of nitrogens with one attached hydrogen (secondary N) is 1. The Balaban J connectivity index is 1.98. The Morgan fingerprint density at radius 1 is 1.27 bits per heavy atom. The molecule has 1 saturated heterocycles. The van der Waals surface area contributed by atoms with Gasteiger partial charge in [-0.15, -0.1) is 0 Å². The Kier molecular flexibility index (Phi) is 7.45. The van der Waals surface area contributed by atoms with Gasteiger partial charge in [-0.1, -0.05) is 0 Å². The van der Waals surface area contributed by atoms with Gasteiger partial charge in [-0.05, 0) is 24.5 Å². The molecule has 2 aliphatic rings. The number of amidine groups is 2. The van der Waals surface area contributed by atoms with Crippen molar-refractivity contribution < 1.29 is 31.1 Å². The lowest BCUT2D eigenvalue weighted by molar-refractivity contribution is -0.131. The number of hydrogen-bond donors (Lipinski definition) is 2. The molecule has 1 aliphatic heterocycles. The first-order chi connectivity index (χ1) is 13.9. The van der Waals surface area contributed by atoms with Gasteiger partial charge in [0.05, 0.1) is 6.54 Å². The highest BCUT2D eigenvalue weighted by atomic mass is 19.4. The average Bonchev–Trinajstić information content (AvgIpc) is 2.79. The molecule has 30 heavy (non-hydrogen) atoms. The van der Waals surface area contributed by atoms with Gasteiger partial charge in [-0.2, -0.15) is 13.2 Å². The molecule has 0 saturated carbocycles. The standard InChI is InChI=1S/C18H21F6N5O/c1-27-15-9-28(4-5-29(15)17(26)18(22,23)24)16(30)7-11(25)6-10-2-3-12(19)14(21)8-13(10)20/h3,8,11,26H,2,4-7,9,25H2,1H3. The van der Waals surface area contributed by atoms with E-state index in [1.807, 2.05) is 0 Å². The second kappa shape index (κ2) is 9.45. The third-order valence-corrected chi connectivity index (χ3v) is 4.68. The predicted octanol–water partition coefficient (Wildman–Crippen LogP) is 3.14.